The number of esters is 3. The molecule has 0 radical (unpaired) electrons. The first-order valence-electron chi connectivity index (χ1n) is 27.7. The van der Waals surface area contributed by atoms with Gasteiger partial charge in [0.1, 0.15) is 13.2 Å². The molecule has 67 heavy (non-hydrogen) atoms. The van der Waals surface area contributed by atoms with E-state index >= 15 is 0 Å². The van der Waals surface area contributed by atoms with Gasteiger partial charge in [-0.2, -0.15) is 0 Å². The first kappa shape index (κ1) is 63.3. The standard InChI is InChI=1S/C61H102O6/c1-4-7-10-13-16-19-21-22-23-24-25-26-27-28-29-30-31-32-33-34-35-36-37-38-40-42-45-48-51-54-60(63)66-57-58(56-65-59(62)53-50-47-44-41-18-15-12-9-6-3)67-61(64)55-52-49-46-43-39-20-17-14-11-8-5-2/h7,10,16,19,22-23,25-26,28-29,31-32,34-35,37-38,58H,4-6,8-9,11-15,17-18,20-21,24,27,30,33,36,39-57H2,1-3H3/b10-7-,19-16-,23-22-,26-25-,29-28-,32-31-,35-34-,38-37-. The molecule has 0 saturated carbocycles. The van der Waals surface area contributed by atoms with Gasteiger partial charge in [-0.05, 0) is 83.5 Å². The summed E-state index contributed by atoms with van der Waals surface area (Å²) in [6.07, 6.45) is 72.6. The summed E-state index contributed by atoms with van der Waals surface area (Å²) in [5.74, 6) is -0.912. The van der Waals surface area contributed by atoms with Gasteiger partial charge in [-0.25, -0.2) is 0 Å². The number of unbranched alkanes of at least 4 members (excludes halogenated alkanes) is 22. The topological polar surface area (TPSA) is 78.9 Å². The maximum atomic E-state index is 12.7. The van der Waals surface area contributed by atoms with Crippen molar-refractivity contribution >= 4 is 17.9 Å². The minimum absolute atomic E-state index is 0.0830. The SMILES string of the molecule is CC/C=C\C/C=C\C/C=C\C/C=C\C/C=C\C/C=C\C/C=C\C/C=C\CCCCCCC(=O)OCC(COC(=O)CCCCCCCCCCC)OC(=O)CCCCCCCCCCCCC. The van der Waals surface area contributed by atoms with Crippen LogP contribution < -0.4 is 0 Å². The molecule has 0 fully saturated rings. The molecule has 0 N–H and O–H groups in total. The summed E-state index contributed by atoms with van der Waals surface area (Å²) >= 11 is 0. The van der Waals surface area contributed by atoms with Gasteiger partial charge < -0.3 is 14.2 Å². The largest absolute Gasteiger partial charge is 0.462 e. The van der Waals surface area contributed by atoms with Gasteiger partial charge in [-0.1, -0.05) is 246 Å². The molecule has 0 spiro atoms. The summed E-state index contributed by atoms with van der Waals surface area (Å²) in [6.45, 7) is 6.47. The molecule has 0 aromatic carbocycles. The van der Waals surface area contributed by atoms with Crippen molar-refractivity contribution in [3.05, 3.63) is 97.2 Å². The molecule has 6 heteroatoms. The lowest BCUT2D eigenvalue weighted by molar-refractivity contribution is -0.167. The Balaban J connectivity index is 4.25. The zero-order valence-electron chi connectivity index (χ0n) is 43.6. The first-order chi connectivity index (χ1) is 33.0. The van der Waals surface area contributed by atoms with Crippen LogP contribution in [0.4, 0.5) is 0 Å². The van der Waals surface area contributed by atoms with Gasteiger partial charge in [0, 0.05) is 19.3 Å². The van der Waals surface area contributed by atoms with Crippen molar-refractivity contribution in [2.45, 2.75) is 258 Å². The fourth-order valence-electron chi connectivity index (χ4n) is 7.46. The van der Waals surface area contributed by atoms with Crippen molar-refractivity contribution in [3.8, 4) is 0 Å². The Hall–Kier alpha value is -3.67. The third-order valence-corrected chi connectivity index (χ3v) is 11.6. The third-order valence-electron chi connectivity index (χ3n) is 11.6. The molecule has 1 atom stereocenters. The lowest BCUT2D eigenvalue weighted by Gasteiger charge is -2.18. The van der Waals surface area contributed by atoms with Crippen molar-refractivity contribution in [3.63, 3.8) is 0 Å². The fraction of sp³-hybridized carbons (Fsp3) is 0.689. The molecule has 0 rings (SSSR count). The molecule has 6 nitrogen and oxygen atoms in total. The Labute approximate surface area is 413 Å². The second kappa shape index (κ2) is 54.9. The van der Waals surface area contributed by atoms with Crippen molar-refractivity contribution in [2.24, 2.45) is 0 Å². The molecular weight excluding hydrogens is 829 g/mol. The highest BCUT2D eigenvalue weighted by Gasteiger charge is 2.19. The van der Waals surface area contributed by atoms with Crippen molar-refractivity contribution in [1.29, 1.82) is 0 Å². The first-order valence-corrected chi connectivity index (χ1v) is 27.7. The van der Waals surface area contributed by atoms with Gasteiger partial charge in [0.25, 0.3) is 0 Å². The monoisotopic (exact) mass is 931 g/mol. The zero-order valence-corrected chi connectivity index (χ0v) is 43.6. The normalized spacial score (nSPS) is 12.8. The van der Waals surface area contributed by atoms with E-state index in [1.807, 2.05) is 0 Å². The van der Waals surface area contributed by atoms with Crippen LogP contribution in [0, 0.1) is 0 Å². The molecule has 0 bridgehead atoms. The van der Waals surface area contributed by atoms with Gasteiger partial charge in [-0.15, -0.1) is 0 Å². The fourth-order valence-corrected chi connectivity index (χ4v) is 7.46. The average Bonchev–Trinajstić information content (AvgIpc) is 3.33. The van der Waals surface area contributed by atoms with Gasteiger partial charge >= 0.3 is 17.9 Å². The summed E-state index contributed by atoms with van der Waals surface area (Å²) in [7, 11) is 0. The van der Waals surface area contributed by atoms with Crippen molar-refractivity contribution in [1.82, 2.24) is 0 Å². The van der Waals surface area contributed by atoms with E-state index < -0.39 is 6.10 Å². The quantitative estimate of drug-likeness (QED) is 0.0262. The molecule has 0 heterocycles. The van der Waals surface area contributed by atoms with Crippen LogP contribution in [-0.2, 0) is 28.6 Å². The highest BCUT2D eigenvalue weighted by atomic mass is 16.6. The van der Waals surface area contributed by atoms with Gasteiger partial charge in [0.2, 0.25) is 0 Å². The van der Waals surface area contributed by atoms with Crippen LogP contribution in [0.2, 0.25) is 0 Å². The number of hydrogen-bond donors (Lipinski definition) is 0. The van der Waals surface area contributed by atoms with E-state index in [-0.39, 0.29) is 31.1 Å². The smallest absolute Gasteiger partial charge is 0.306 e. The summed E-state index contributed by atoms with van der Waals surface area (Å²) in [5.41, 5.74) is 0. The minimum Gasteiger partial charge on any atom is -0.462 e. The van der Waals surface area contributed by atoms with E-state index in [0.717, 1.165) is 122 Å². The Morgan fingerprint density at radius 3 is 0.910 bits per heavy atom. The van der Waals surface area contributed by atoms with E-state index in [1.54, 1.807) is 0 Å². The van der Waals surface area contributed by atoms with E-state index in [9.17, 15) is 14.4 Å². The second-order valence-electron chi connectivity index (χ2n) is 18.1. The van der Waals surface area contributed by atoms with Crippen LogP contribution in [0.1, 0.15) is 252 Å². The van der Waals surface area contributed by atoms with Gasteiger partial charge in [0.15, 0.2) is 6.10 Å². The average molecular weight is 931 g/mol. The van der Waals surface area contributed by atoms with E-state index in [4.69, 9.17) is 14.2 Å². The van der Waals surface area contributed by atoms with E-state index in [1.165, 1.54) is 89.9 Å². The number of carbonyl (C=O) groups is 3. The number of allylic oxidation sites excluding steroid dienone is 16. The van der Waals surface area contributed by atoms with Crippen LogP contribution in [0.15, 0.2) is 97.2 Å². The Morgan fingerprint density at radius 1 is 0.313 bits per heavy atom. The van der Waals surface area contributed by atoms with E-state index in [0.29, 0.717) is 19.3 Å². The third kappa shape index (κ3) is 53.2. The van der Waals surface area contributed by atoms with Crippen LogP contribution in [0.25, 0.3) is 0 Å². The van der Waals surface area contributed by atoms with Gasteiger partial charge in [0.05, 0.1) is 0 Å². The maximum absolute atomic E-state index is 12.7. The Morgan fingerprint density at radius 2 is 0.582 bits per heavy atom. The summed E-state index contributed by atoms with van der Waals surface area (Å²) in [4.78, 5) is 37.9. The zero-order chi connectivity index (χ0) is 48.6. The summed E-state index contributed by atoms with van der Waals surface area (Å²) < 4.78 is 16.7. The molecular formula is C61H102O6. The number of carbonyl (C=O) groups excluding carboxylic acids is 3. The van der Waals surface area contributed by atoms with Crippen molar-refractivity contribution in [2.75, 3.05) is 13.2 Å². The maximum Gasteiger partial charge on any atom is 0.306 e. The van der Waals surface area contributed by atoms with Crippen molar-refractivity contribution < 1.29 is 28.6 Å². The molecule has 0 aromatic heterocycles. The second-order valence-corrected chi connectivity index (χ2v) is 18.1. The molecule has 0 aliphatic carbocycles. The Bertz CT molecular complexity index is 1350. The number of hydrogen-bond acceptors (Lipinski definition) is 6. The number of rotatable bonds is 49. The molecule has 0 aliphatic heterocycles. The van der Waals surface area contributed by atoms with Crippen LogP contribution in [-0.4, -0.2) is 37.2 Å². The molecule has 0 amide bonds. The summed E-state index contributed by atoms with van der Waals surface area (Å²) in [5, 5.41) is 0. The molecule has 0 saturated heterocycles. The lowest BCUT2D eigenvalue weighted by Crippen LogP contribution is -2.30. The highest BCUT2D eigenvalue weighted by Crippen LogP contribution is 2.15. The summed E-state index contributed by atoms with van der Waals surface area (Å²) in [6, 6.07) is 0. The minimum atomic E-state index is -0.783. The predicted octanol–water partition coefficient (Wildman–Crippen LogP) is 18.5. The molecule has 1 unspecified atom stereocenters. The van der Waals surface area contributed by atoms with Crippen LogP contribution in [0.5, 0.6) is 0 Å². The molecule has 0 aliphatic rings. The number of ether oxygens (including phenoxy) is 3. The molecule has 0 aromatic rings. The van der Waals surface area contributed by atoms with Crippen LogP contribution in [0.3, 0.4) is 0 Å². The Kier molecular flexibility index (Phi) is 51.9. The highest BCUT2D eigenvalue weighted by molar-refractivity contribution is 5.71. The van der Waals surface area contributed by atoms with Crippen LogP contribution >= 0.6 is 0 Å². The van der Waals surface area contributed by atoms with Gasteiger partial charge in [-0.3, -0.25) is 14.4 Å². The lowest BCUT2D eigenvalue weighted by atomic mass is 10.1. The predicted molar refractivity (Wildman–Crippen MR) is 288 cm³/mol. The molecule has 382 valence electrons. The van der Waals surface area contributed by atoms with E-state index in [2.05, 4.69) is 118 Å².